The molecule has 0 N–H and O–H groups in total. The highest BCUT2D eigenvalue weighted by Crippen LogP contribution is 2.42. The summed E-state index contributed by atoms with van der Waals surface area (Å²) in [6.07, 6.45) is -1.88. The van der Waals surface area contributed by atoms with Gasteiger partial charge in [0.1, 0.15) is 0 Å². The zero-order valence-electron chi connectivity index (χ0n) is 15.0. The normalized spacial score (nSPS) is 22.3. The number of hydrogen-bond acceptors (Lipinski definition) is 2. The molecule has 1 saturated carbocycles. The monoisotopic (exact) mass is 376 g/mol. The summed E-state index contributed by atoms with van der Waals surface area (Å²) in [6, 6.07) is 5.60. The van der Waals surface area contributed by atoms with Crippen LogP contribution in [0.4, 0.5) is 13.2 Å². The molecule has 0 unspecified atom stereocenters. The first-order valence-corrected chi connectivity index (χ1v) is 12.3. The Balaban J connectivity index is 1.79. The Hall–Kier alpha value is -0.463. The van der Waals surface area contributed by atoms with Crippen LogP contribution in [0.3, 0.4) is 0 Å². The second-order valence-corrected chi connectivity index (χ2v) is 14.0. The zero-order chi connectivity index (χ0) is 18.2. The molecule has 2 rings (SSSR count). The molecule has 0 saturated heterocycles. The Bertz CT molecular complexity index is 560. The van der Waals surface area contributed by atoms with Gasteiger partial charge in [-0.2, -0.15) is 13.2 Å². The van der Waals surface area contributed by atoms with E-state index in [1.165, 1.54) is 23.9 Å². The topological polar surface area (TPSA) is 9.23 Å². The van der Waals surface area contributed by atoms with Crippen LogP contribution in [0.5, 0.6) is 0 Å². The first-order valence-electron chi connectivity index (χ1n) is 8.36. The summed E-state index contributed by atoms with van der Waals surface area (Å²) in [5.41, 5.74) is -0.569. The number of benzene rings is 1. The van der Waals surface area contributed by atoms with Crippen LogP contribution in [0.15, 0.2) is 29.2 Å². The Morgan fingerprint density at radius 2 is 1.79 bits per heavy atom. The van der Waals surface area contributed by atoms with Gasteiger partial charge < -0.3 is 4.43 Å². The molecule has 0 atom stereocenters. The molecule has 24 heavy (non-hydrogen) atoms. The molecule has 0 radical (unpaired) electrons. The van der Waals surface area contributed by atoms with Crippen LogP contribution in [0, 0.1) is 5.92 Å². The van der Waals surface area contributed by atoms with Gasteiger partial charge in [0, 0.05) is 16.8 Å². The molecule has 1 nitrogen and oxygen atoms in total. The molecule has 1 aromatic carbocycles. The summed E-state index contributed by atoms with van der Waals surface area (Å²) in [7, 11) is -1.71. The van der Waals surface area contributed by atoms with Crippen molar-refractivity contribution in [2.24, 2.45) is 5.92 Å². The minimum absolute atomic E-state index is 0.213. The molecule has 0 heterocycles. The lowest BCUT2D eigenvalue weighted by atomic mass is 9.84. The van der Waals surface area contributed by atoms with Crippen molar-refractivity contribution in [3.8, 4) is 0 Å². The van der Waals surface area contributed by atoms with Crippen molar-refractivity contribution in [3.05, 3.63) is 29.8 Å². The van der Waals surface area contributed by atoms with E-state index in [9.17, 15) is 13.2 Å². The molecule has 136 valence electrons. The van der Waals surface area contributed by atoms with Crippen LogP contribution < -0.4 is 0 Å². The van der Waals surface area contributed by atoms with Crippen molar-refractivity contribution >= 4 is 20.1 Å². The van der Waals surface area contributed by atoms with Gasteiger partial charge in [-0.15, -0.1) is 11.8 Å². The second-order valence-electron chi connectivity index (χ2n) is 8.17. The van der Waals surface area contributed by atoms with Crippen LogP contribution in [0.25, 0.3) is 0 Å². The average molecular weight is 377 g/mol. The van der Waals surface area contributed by atoms with E-state index in [0.717, 1.165) is 24.7 Å². The van der Waals surface area contributed by atoms with E-state index >= 15 is 0 Å². The third-order valence-corrected chi connectivity index (χ3v) is 10.9. The maximum atomic E-state index is 12.7. The van der Waals surface area contributed by atoms with Crippen LogP contribution in [0.1, 0.15) is 39.2 Å². The molecule has 0 spiro atoms. The zero-order valence-corrected chi connectivity index (χ0v) is 16.9. The molecule has 6 heteroatoms. The molecular formula is C18H27F3OSSi. The smallest absolute Gasteiger partial charge is 0.414 e. The van der Waals surface area contributed by atoms with Gasteiger partial charge in [-0.25, -0.2) is 0 Å². The van der Waals surface area contributed by atoms with Gasteiger partial charge in [0.15, 0.2) is 8.32 Å². The van der Waals surface area contributed by atoms with E-state index in [1.54, 1.807) is 6.07 Å². The number of halogens is 3. The van der Waals surface area contributed by atoms with Crippen molar-refractivity contribution in [2.45, 2.75) is 68.9 Å². The molecule has 1 fully saturated rings. The van der Waals surface area contributed by atoms with Gasteiger partial charge in [0.05, 0.1) is 5.56 Å². The fourth-order valence-electron chi connectivity index (χ4n) is 2.48. The maximum absolute atomic E-state index is 12.7. The van der Waals surface area contributed by atoms with Gasteiger partial charge in [-0.05, 0) is 55.1 Å². The molecule has 0 aromatic heterocycles. The van der Waals surface area contributed by atoms with Crippen molar-refractivity contribution in [1.29, 1.82) is 0 Å². The Labute approximate surface area is 148 Å². The van der Waals surface area contributed by atoms with Gasteiger partial charge in [0.2, 0.25) is 0 Å². The van der Waals surface area contributed by atoms with Crippen LogP contribution >= 0.6 is 11.8 Å². The number of rotatable bonds is 5. The van der Waals surface area contributed by atoms with E-state index in [2.05, 4.69) is 33.9 Å². The Kier molecular flexibility index (Phi) is 5.82. The Morgan fingerprint density at radius 1 is 1.17 bits per heavy atom. The molecule has 1 aliphatic carbocycles. The van der Waals surface area contributed by atoms with Crippen molar-refractivity contribution in [3.63, 3.8) is 0 Å². The molecule has 1 aliphatic rings. The van der Waals surface area contributed by atoms with Gasteiger partial charge in [0.25, 0.3) is 0 Å². The predicted octanol–water partition coefficient (Wildman–Crippen LogP) is 6.60. The second kappa shape index (κ2) is 7.04. The molecule has 0 amide bonds. The summed E-state index contributed by atoms with van der Waals surface area (Å²) < 4.78 is 44.5. The van der Waals surface area contributed by atoms with Crippen molar-refractivity contribution < 1.29 is 17.6 Å². The summed E-state index contributed by atoms with van der Waals surface area (Å²) in [5.74, 6) is 1.40. The van der Waals surface area contributed by atoms with Crippen molar-refractivity contribution in [1.82, 2.24) is 0 Å². The summed E-state index contributed by atoms with van der Waals surface area (Å²) in [6.45, 7) is 11.2. The van der Waals surface area contributed by atoms with E-state index in [0.29, 0.717) is 16.9 Å². The highest BCUT2D eigenvalue weighted by molar-refractivity contribution is 7.99. The van der Waals surface area contributed by atoms with Crippen LogP contribution in [0.2, 0.25) is 18.1 Å². The SMILES string of the molecule is CC(C)(C)[Si](C)(C)O[C@H]1C[C@@H](CSc2cccc(C(F)(F)F)c2)C1. The molecule has 0 aliphatic heterocycles. The predicted molar refractivity (Wildman–Crippen MR) is 97.0 cm³/mol. The number of thioether (sulfide) groups is 1. The third-order valence-electron chi connectivity index (χ3n) is 5.11. The lowest BCUT2D eigenvalue weighted by Gasteiger charge is -2.44. The maximum Gasteiger partial charge on any atom is 0.416 e. The van der Waals surface area contributed by atoms with Crippen LogP contribution in [-0.4, -0.2) is 20.2 Å². The van der Waals surface area contributed by atoms with Crippen LogP contribution in [-0.2, 0) is 10.6 Å². The summed E-state index contributed by atoms with van der Waals surface area (Å²) in [4.78, 5) is 0.693. The van der Waals surface area contributed by atoms with Gasteiger partial charge in [-0.3, -0.25) is 0 Å². The summed E-state index contributed by atoms with van der Waals surface area (Å²) in [5, 5.41) is 0.213. The van der Waals surface area contributed by atoms with E-state index in [4.69, 9.17) is 4.43 Å². The minimum Gasteiger partial charge on any atom is -0.414 e. The first kappa shape index (κ1) is 19.9. The number of hydrogen-bond donors (Lipinski definition) is 0. The fourth-order valence-corrected chi connectivity index (χ4v) is 4.94. The Morgan fingerprint density at radius 3 is 2.33 bits per heavy atom. The van der Waals surface area contributed by atoms with Gasteiger partial charge >= 0.3 is 6.18 Å². The lowest BCUT2D eigenvalue weighted by Crippen LogP contribution is -2.47. The fraction of sp³-hybridized carbons (Fsp3) is 0.667. The molecule has 0 bridgehead atoms. The van der Waals surface area contributed by atoms with E-state index < -0.39 is 20.1 Å². The van der Waals surface area contributed by atoms with Gasteiger partial charge in [-0.1, -0.05) is 26.8 Å². The largest absolute Gasteiger partial charge is 0.416 e. The molecular weight excluding hydrogens is 349 g/mol. The molecule has 1 aromatic rings. The highest BCUT2D eigenvalue weighted by atomic mass is 32.2. The standard InChI is InChI=1S/C18H27F3OSSi/c1-17(2,3)24(4,5)22-15-9-13(10-15)12-23-16-8-6-7-14(11-16)18(19,20)21/h6-8,11,13,15H,9-10,12H2,1-5H3/t13-,15+. The highest BCUT2D eigenvalue weighted by Gasteiger charge is 2.42. The third kappa shape index (κ3) is 5.02. The quantitative estimate of drug-likeness (QED) is 0.423. The van der Waals surface area contributed by atoms with E-state index in [-0.39, 0.29) is 5.04 Å². The lowest BCUT2D eigenvalue weighted by molar-refractivity contribution is -0.137. The van der Waals surface area contributed by atoms with E-state index in [1.807, 2.05) is 0 Å². The summed E-state index contributed by atoms with van der Waals surface area (Å²) >= 11 is 1.52. The minimum atomic E-state index is -4.27. The van der Waals surface area contributed by atoms with Crippen molar-refractivity contribution in [2.75, 3.05) is 5.75 Å². The first-order chi connectivity index (χ1) is 10.9. The average Bonchev–Trinajstić information content (AvgIpc) is 2.39. The number of alkyl halides is 3.